The smallest absolute Gasteiger partial charge is 0.316 e. The van der Waals surface area contributed by atoms with Crippen LogP contribution in [0.25, 0.3) is 22.5 Å². The van der Waals surface area contributed by atoms with Crippen LogP contribution in [-0.4, -0.2) is 22.7 Å². The highest BCUT2D eigenvalue weighted by Gasteiger charge is 2.52. The molecular weight excluding hydrogens is 412 g/mol. The van der Waals surface area contributed by atoms with Crippen molar-refractivity contribution in [3.8, 4) is 22.5 Å². The summed E-state index contributed by atoms with van der Waals surface area (Å²) in [6.45, 7) is 4.24. The molecule has 166 valence electrons. The van der Waals surface area contributed by atoms with Crippen molar-refractivity contribution in [2.24, 2.45) is 0 Å². The minimum atomic E-state index is -0.437. The maximum absolute atomic E-state index is 12.4. The number of aryl methyl sites for hydroxylation is 1. The van der Waals surface area contributed by atoms with E-state index in [-0.39, 0.29) is 5.97 Å². The predicted molar refractivity (Wildman–Crippen MR) is 127 cm³/mol. The Morgan fingerprint density at radius 2 is 1.67 bits per heavy atom. The van der Waals surface area contributed by atoms with E-state index in [1.807, 2.05) is 26.1 Å². The first-order valence-corrected chi connectivity index (χ1v) is 11.3. The fourth-order valence-corrected chi connectivity index (χ4v) is 4.33. The van der Waals surface area contributed by atoms with Crippen molar-refractivity contribution in [2.75, 3.05) is 6.61 Å². The normalized spacial score (nSPS) is 14.1. The average molecular weight is 439 g/mol. The lowest BCUT2D eigenvalue weighted by Crippen LogP contribution is -2.23. The molecule has 0 aliphatic heterocycles. The summed E-state index contributed by atoms with van der Waals surface area (Å²) < 4.78 is 11.0. The summed E-state index contributed by atoms with van der Waals surface area (Å²) in [6, 6.07) is 20.6. The van der Waals surface area contributed by atoms with Gasteiger partial charge in [0.15, 0.2) is 5.76 Å². The van der Waals surface area contributed by atoms with E-state index in [1.54, 1.807) is 6.20 Å². The Labute approximate surface area is 193 Å². The van der Waals surface area contributed by atoms with Crippen molar-refractivity contribution < 1.29 is 14.1 Å². The van der Waals surface area contributed by atoms with Gasteiger partial charge in [-0.1, -0.05) is 59.8 Å². The number of aromatic nitrogens is 2. The Morgan fingerprint density at radius 3 is 2.27 bits per heavy atom. The lowest BCUT2D eigenvalue weighted by molar-refractivity contribution is -0.146. The molecule has 1 aliphatic rings. The van der Waals surface area contributed by atoms with E-state index in [4.69, 9.17) is 9.26 Å². The lowest BCUT2D eigenvalue weighted by Gasteiger charge is -2.14. The van der Waals surface area contributed by atoms with Gasteiger partial charge in [-0.25, -0.2) is 0 Å². The SMILES string of the molecule is CCOC(=O)C1(c2ccc(-c3ccc(-c4onc(C)c4Cc4cccnc4)cc3)cc2)CC1. The first kappa shape index (κ1) is 21.1. The van der Waals surface area contributed by atoms with Gasteiger partial charge in [0.05, 0.1) is 17.7 Å². The molecule has 1 fully saturated rings. The molecule has 0 spiro atoms. The Kier molecular flexibility index (Phi) is 5.55. The van der Waals surface area contributed by atoms with E-state index < -0.39 is 5.41 Å². The highest BCUT2D eigenvalue weighted by atomic mass is 16.5. The molecule has 33 heavy (non-hydrogen) atoms. The molecular formula is C28H26N2O3. The van der Waals surface area contributed by atoms with E-state index in [2.05, 4.69) is 64.7 Å². The van der Waals surface area contributed by atoms with Crippen LogP contribution >= 0.6 is 0 Å². The van der Waals surface area contributed by atoms with Crippen LogP contribution in [0, 0.1) is 6.92 Å². The molecule has 4 aromatic rings. The Bertz CT molecular complexity index is 1260. The molecule has 2 aromatic heterocycles. The molecule has 5 nitrogen and oxygen atoms in total. The van der Waals surface area contributed by atoms with Crippen molar-refractivity contribution in [1.29, 1.82) is 0 Å². The Hall–Kier alpha value is -3.73. The number of ether oxygens (including phenoxy) is 1. The van der Waals surface area contributed by atoms with Crippen LogP contribution in [0.5, 0.6) is 0 Å². The standard InChI is InChI=1S/C28H26N2O3/c1-3-32-27(31)28(14-15-28)24-12-10-22(11-13-24)21-6-8-23(9-7-21)26-25(19(2)30-33-26)17-20-5-4-16-29-18-20/h4-13,16,18H,3,14-15,17H2,1-2H3. The van der Waals surface area contributed by atoms with Gasteiger partial charge >= 0.3 is 5.97 Å². The Morgan fingerprint density at radius 1 is 1.00 bits per heavy atom. The molecule has 0 radical (unpaired) electrons. The maximum Gasteiger partial charge on any atom is 0.316 e. The van der Waals surface area contributed by atoms with Crippen LogP contribution in [0.3, 0.4) is 0 Å². The molecule has 0 N–H and O–H groups in total. The second-order valence-corrected chi connectivity index (χ2v) is 8.57. The zero-order valence-corrected chi connectivity index (χ0v) is 18.9. The number of rotatable bonds is 7. The molecule has 1 aliphatic carbocycles. The maximum atomic E-state index is 12.4. The van der Waals surface area contributed by atoms with Crippen molar-refractivity contribution in [1.82, 2.24) is 10.1 Å². The van der Waals surface area contributed by atoms with Gasteiger partial charge in [0.2, 0.25) is 0 Å². The van der Waals surface area contributed by atoms with E-state index in [1.165, 1.54) is 0 Å². The number of benzene rings is 2. The van der Waals surface area contributed by atoms with E-state index >= 15 is 0 Å². The fraction of sp³-hybridized carbons (Fsp3) is 0.250. The van der Waals surface area contributed by atoms with Crippen molar-refractivity contribution in [3.05, 3.63) is 95.4 Å². The summed E-state index contributed by atoms with van der Waals surface area (Å²) in [6.07, 6.45) is 6.09. The molecule has 5 heteroatoms. The number of carbonyl (C=O) groups excluding carboxylic acids is 1. The van der Waals surface area contributed by atoms with Crippen LogP contribution in [0.1, 0.15) is 42.1 Å². The second kappa shape index (κ2) is 8.66. The van der Waals surface area contributed by atoms with Crippen molar-refractivity contribution >= 4 is 5.97 Å². The molecule has 0 amide bonds. The summed E-state index contributed by atoms with van der Waals surface area (Å²) >= 11 is 0. The predicted octanol–water partition coefficient (Wildman–Crippen LogP) is 5.90. The number of carbonyl (C=O) groups is 1. The first-order valence-electron chi connectivity index (χ1n) is 11.3. The summed E-state index contributed by atoms with van der Waals surface area (Å²) in [4.78, 5) is 16.6. The van der Waals surface area contributed by atoms with Gasteiger partial charge in [-0.2, -0.15) is 0 Å². The van der Waals surface area contributed by atoms with Crippen molar-refractivity contribution in [2.45, 2.75) is 38.5 Å². The molecule has 0 unspecified atom stereocenters. The van der Waals surface area contributed by atoms with Gasteiger partial charge in [0.1, 0.15) is 0 Å². The number of esters is 1. The van der Waals surface area contributed by atoms with Gasteiger partial charge in [0, 0.05) is 29.9 Å². The number of pyridine rings is 1. The monoisotopic (exact) mass is 438 g/mol. The van der Waals surface area contributed by atoms with Crippen molar-refractivity contribution in [3.63, 3.8) is 0 Å². The van der Waals surface area contributed by atoms with Gasteiger partial charge < -0.3 is 9.26 Å². The number of nitrogens with zero attached hydrogens (tertiary/aromatic N) is 2. The van der Waals surface area contributed by atoms with Crippen LogP contribution in [0.15, 0.2) is 77.6 Å². The molecule has 1 saturated carbocycles. The van der Waals surface area contributed by atoms with E-state index in [0.717, 1.165) is 64.1 Å². The van der Waals surface area contributed by atoms with Gasteiger partial charge in [-0.3, -0.25) is 9.78 Å². The molecule has 0 bridgehead atoms. The topological polar surface area (TPSA) is 65.2 Å². The summed E-state index contributed by atoms with van der Waals surface area (Å²) in [5.41, 5.74) is 6.90. The van der Waals surface area contributed by atoms with E-state index in [9.17, 15) is 4.79 Å². The van der Waals surface area contributed by atoms with Gasteiger partial charge in [-0.05, 0) is 55.0 Å². The van der Waals surface area contributed by atoms with Crippen LogP contribution in [0.2, 0.25) is 0 Å². The van der Waals surface area contributed by atoms with Gasteiger partial charge in [-0.15, -0.1) is 0 Å². The van der Waals surface area contributed by atoms with Crippen LogP contribution in [-0.2, 0) is 21.4 Å². The van der Waals surface area contributed by atoms with Crippen LogP contribution in [0.4, 0.5) is 0 Å². The fourth-order valence-electron chi connectivity index (χ4n) is 4.33. The largest absolute Gasteiger partial charge is 0.465 e. The third-order valence-corrected chi connectivity index (χ3v) is 6.42. The summed E-state index contributed by atoms with van der Waals surface area (Å²) in [7, 11) is 0. The first-order chi connectivity index (χ1) is 16.1. The van der Waals surface area contributed by atoms with Gasteiger partial charge in [0.25, 0.3) is 0 Å². The zero-order chi connectivity index (χ0) is 22.8. The van der Waals surface area contributed by atoms with Crippen LogP contribution < -0.4 is 0 Å². The minimum absolute atomic E-state index is 0.105. The molecule has 5 rings (SSSR count). The highest BCUT2D eigenvalue weighted by molar-refractivity contribution is 5.87. The second-order valence-electron chi connectivity index (χ2n) is 8.57. The molecule has 0 atom stereocenters. The average Bonchev–Trinajstić information content (AvgIpc) is 3.60. The zero-order valence-electron chi connectivity index (χ0n) is 18.9. The third-order valence-electron chi connectivity index (χ3n) is 6.42. The third kappa shape index (κ3) is 4.07. The van der Waals surface area contributed by atoms with E-state index in [0.29, 0.717) is 6.61 Å². The minimum Gasteiger partial charge on any atom is -0.465 e. The number of hydrogen-bond donors (Lipinski definition) is 0. The summed E-state index contributed by atoms with van der Waals surface area (Å²) in [5, 5.41) is 4.20. The number of hydrogen-bond acceptors (Lipinski definition) is 5. The summed E-state index contributed by atoms with van der Waals surface area (Å²) in [5.74, 6) is 0.690. The molecule has 0 saturated heterocycles. The Balaban J connectivity index is 1.36. The molecule has 2 aromatic carbocycles. The highest BCUT2D eigenvalue weighted by Crippen LogP contribution is 2.49. The lowest BCUT2D eigenvalue weighted by atomic mass is 9.93. The quantitative estimate of drug-likeness (QED) is 0.336. The molecule has 2 heterocycles.